The summed E-state index contributed by atoms with van der Waals surface area (Å²) >= 11 is 1.13. The van der Waals surface area contributed by atoms with Crippen molar-refractivity contribution in [1.29, 1.82) is 5.26 Å². The van der Waals surface area contributed by atoms with E-state index in [0.717, 1.165) is 37.5 Å². The summed E-state index contributed by atoms with van der Waals surface area (Å²) in [6.07, 6.45) is 3.40. The lowest BCUT2D eigenvalue weighted by atomic mass is 10.1. The van der Waals surface area contributed by atoms with Crippen LogP contribution < -0.4 is 0 Å². The number of amides is 1. The van der Waals surface area contributed by atoms with Gasteiger partial charge in [-0.3, -0.25) is 9.69 Å². The van der Waals surface area contributed by atoms with Gasteiger partial charge in [-0.15, -0.1) is 5.10 Å². The van der Waals surface area contributed by atoms with Gasteiger partial charge in [0.2, 0.25) is 0 Å². The molecule has 2 rings (SSSR count). The quantitative estimate of drug-likeness (QED) is 0.821. The minimum absolute atomic E-state index is 0.00125. The fourth-order valence-electron chi connectivity index (χ4n) is 2.26. The molecule has 1 aromatic heterocycles. The molecule has 19 heavy (non-hydrogen) atoms. The van der Waals surface area contributed by atoms with Crippen molar-refractivity contribution in [3.05, 3.63) is 11.1 Å². The van der Waals surface area contributed by atoms with Crippen LogP contribution >= 0.6 is 11.5 Å². The van der Waals surface area contributed by atoms with E-state index in [2.05, 4.69) is 27.5 Å². The second kappa shape index (κ2) is 6.59. The third kappa shape index (κ3) is 3.28. The van der Waals surface area contributed by atoms with E-state index in [9.17, 15) is 4.79 Å². The third-order valence-corrected chi connectivity index (χ3v) is 3.98. The molecular formula is C12H17N5OS. The summed E-state index contributed by atoms with van der Waals surface area (Å²) in [5, 5.41) is 12.8. The van der Waals surface area contributed by atoms with Crippen molar-refractivity contribution < 1.29 is 4.79 Å². The van der Waals surface area contributed by atoms with Gasteiger partial charge in [0.15, 0.2) is 0 Å². The predicted octanol–water partition coefficient (Wildman–Crippen LogP) is 0.988. The van der Waals surface area contributed by atoms with Gasteiger partial charge >= 0.3 is 0 Å². The number of nitrogens with zero attached hydrogens (tertiary/aromatic N) is 5. The van der Waals surface area contributed by atoms with Crippen molar-refractivity contribution in [3.63, 3.8) is 0 Å². The highest BCUT2D eigenvalue weighted by Crippen LogP contribution is 2.14. The standard InChI is InChI=1S/C12H17N5OS/c1-2-3-10(8-13)16-4-6-17(7-5-16)12(18)11-9-14-15-19-11/h9-10H,2-7H2,1H3. The molecule has 1 saturated heterocycles. The second-order valence-electron chi connectivity index (χ2n) is 4.54. The number of carbonyl (C=O) groups excluding carboxylic acids is 1. The van der Waals surface area contributed by atoms with Gasteiger partial charge in [0, 0.05) is 26.2 Å². The fourth-order valence-corrected chi connectivity index (χ4v) is 2.74. The zero-order valence-corrected chi connectivity index (χ0v) is 11.8. The Bertz CT molecular complexity index is 447. The molecule has 0 aliphatic carbocycles. The molecule has 1 unspecified atom stereocenters. The Morgan fingerprint density at radius 2 is 2.26 bits per heavy atom. The molecule has 7 heteroatoms. The first-order valence-electron chi connectivity index (χ1n) is 6.46. The molecular weight excluding hydrogens is 262 g/mol. The van der Waals surface area contributed by atoms with E-state index in [0.29, 0.717) is 18.0 Å². The summed E-state index contributed by atoms with van der Waals surface area (Å²) in [6.45, 7) is 4.94. The van der Waals surface area contributed by atoms with Crippen LogP contribution in [0.25, 0.3) is 0 Å². The number of piperazine rings is 1. The summed E-state index contributed by atoms with van der Waals surface area (Å²) in [4.78, 5) is 16.7. The average molecular weight is 279 g/mol. The number of carbonyl (C=O) groups is 1. The third-order valence-electron chi connectivity index (χ3n) is 3.33. The summed E-state index contributed by atoms with van der Waals surface area (Å²) in [6, 6.07) is 2.33. The molecule has 0 aromatic carbocycles. The Kier molecular flexibility index (Phi) is 4.82. The van der Waals surface area contributed by atoms with Crippen molar-refractivity contribution in [3.8, 4) is 6.07 Å². The highest BCUT2D eigenvalue weighted by molar-refractivity contribution is 7.07. The van der Waals surface area contributed by atoms with Crippen LogP contribution in [-0.4, -0.2) is 57.5 Å². The lowest BCUT2D eigenvalue weighted by Gasteiger charge is -2.36. The molecule has 6 nitrogen and oxygen atoms in total. The molecule has 102 valence electrons. The van der Waals surface area contributed by atoms with E-state index in [1.807, 2.05) is 4.90 Å². The maximum Gasteiger partial charge on any atom is 0.267 e. The Balaban J connectivity index is 1.89. The van der Waals surface area contributed by atoms with Gasteiger partial charge in [-0.1, -0.05) is 17.8 Å². The highest BCUT2D eigenvalue weighted by Gasteiger charge is 2.26. The molecule has 0 bridgehead atoms. The zero-order chi connectivity index (χ0) is 13.7. The Morgan fingerprint density at radius 1 is 1.53 bits per heavy atom. The van der Waals surface area contributed by atoms with Crippen LogP contribution in [0.4, 0.5) is 0 Å². The van der Waals surface area contributed by atoms with Gasteiger partial charge in [-0.25, -0.2) is 0 Å². The molecule has 2 heterocycles. The number of aromatic nitrogens is 2. The monoisotopic (exact) mass is 279 g/mol. The van der Waals surface area contributed by atoms with E-state index in [1.165, 1.54) is 6.20 Å². The predicted molar refractivity (Wildman–Crippen MR) is 71.7 cm³/mol. The Morgan fingerprint density at radius 3 is 2.79 bits per heavy atom. The molecule has 1 fully saturated rings. The van der Waals surface area contributed by atoms with Crippen LogP contribution in [0, 0.1) is 11.3 Å². The summed E-state index contributed by atoms with van der Waals surface area (Å²) < 4.78 is 3.71. The largest absolute Gasteiger partial charge is 0.335 e. The topological polar surface area (TPSA) is 73.1 Å². The molecule has 1 aliphatic rings. The number of hydrogen-bond donors (Lipinski definition) is 0. The van der Waals surface area contributed by atoms with Crippen LogP contribution in [0.15, 0.2) is 6.20 Å². The summed E-state index contributed by atoms with van der Waals surface area (Å²) in [5.41, 5.74) is 0. The Labute approximate surface area is 116 Å². The van der Waals surface area contributed by atoms with Crippen molar-refractivity contribution in [2.45, 2.75) is 25.8 Å². The van der Waals surface area contributed by atoms with Crippen LogP contribution in [0.1, 0.15) is 29.4 Å². The molecule has 0 spiro atoms. The lowest BCUT2D eigenvalue weighted by Crippen LogP contribution is -2.51. The SMILES string of the molecule is CCCC(C#N)N1CCN(C(=O)c2cnns2)CC1. The van der Waals surface area contributed by atoms with Gasteiger partial charge in [0.1, 0.15) is 4.88 Å². The van der Waals surface area contributed by atoms with Gasteiger partial charge < -0.3 is 4.90 Å². The van der Waals surface area contributed by atoms with Gasteiger partial charge in [0.05, 0.1) is 18.3 Å². The zero-order valence-electron chi connectivity index (χ0n) is 10.9. The van der Waals surface area contributed by atoms with E-state index < -0.39 is 0 Å². The number of rotatable bonds is 4. The molecule has 1 aliphatic heterocycles. The molecule has 0 saturated carbocycles. The smallest absolute Gasteiger partial charge is 0.267 e. The Hall–Kier alpha value is -1.52. The first-order valence-corrected chi connectivity index (χ1v) is 7.24. The van der Waals surface area contributed by atoms with Crippen molar-refractivity contribution in [2.75, 3.05) is 26.2 Å². The van der Waals surface area contributed by atoms with E-state index in [1.54, 1.807) is 0 Å². The van der Waals surface area contributed by atoms with E-state index >= 15 is 0 Å². The van der Waals surface area contributed by atoms with Gasteiger partial charge in [-0.2, -0.15) is 5.26 Å². The first kappa shape index (κ1) is 13.9. The number of hydrogen-bond acceptors (Lipinski definition) is 6. The van der Waals surface area contributed by atoms with Gasteiger partial charge in [-0.05, 0) is 18.0 Å². The fraction of sp³-hybridized carbons (Fsp3) is 0.667. The second-order valence-corrected chi connectivity index (χ2v) is 5.33. The summed E-state index contributed by atoms with van der Waals surface area (Å²) in [7, 11) is 0. The highest BCUT2D eigenvalue weighted by atomic mass is 32.1. The number of nitriles is 1. The summed E-state index contributed by atoms with van der Waals surface area (Å²) in [5.74, 6) is -0.00125. The average Bonchev–Trinajstić information content (AvgIpc) is 2.98. The van der Waals surface area contributed by atoms with Crippen molar-refractivity contribution in [1.82, 2.24) is 19.4 Å². The van der Waals surface area contributed by atoms with Crippen LogP contribution in [0.2, 0.25) is 0 Å². The first-order chi connectivity index (χ1) is 9.26. The maximum atomic E-state index is 12.1. The van der Waals surface area contributed by atoms with E-state index in [-0.39, 0.29) is 11.9 Å². The van der Waals surface area contributed by atoms with Crippen LogP contribution in [0.3, 0.4) is 0 Å². The van der Waals surface area contributed by atoms with Crippen molar-refractivity contribution in [2.24, 2.45) is 0 Å². The van der Waals surface area contributed by atoms with Crippen LogP contribution in [0.5, 0.6) is 0 Å². The normalized spacial score (nSPS) is 18.0. The van der Waals surface area contributed by atoms with E-state index in [4.69, 9.17) is 5.26 Å². The molecule has 1 amide bonds. The minimum Gasteiger partial charge on any atom is -0.335 e. The molecule has 1 aromatic rings. The minimum atomic E-state index is -0.0210. The lowest BCUT2D eigenvalue weighted by molar-refractivity contribution is 0.0605. The van der Waals surface area contributed by atoms with Gasteiger partial charge in [0.25, 0.3) is 5.91 Å². The van der Waals surface area contributed by atoms with Crippen molar-refractivity contribution >= 4 is 17.4 Å². The maximum absolute atomic E-state index is 12.1. The molecule has 1 atom stereocenters. The molecule has 0 radical (unpaired) electrons. The molecule has 0 N–H and O–H groups in total. The van der Waals surface area contributed by atoms with Crippen LogP contribution in [-0.2, 0) is 0 Å².